The van der Waals surface area contributed by atoms with E-state index in [1.54, 1.807) is 6.07 Å². The molecular weight excluding hydrogens is 557 g/mol. The Labute approximate surface area is 258 Å². The van der Waals surface area contributed by atoms with Crippen molar-refractivity contribution >= 4 is 17.4 Å². The van der Waals surface area contributed by atoms with Crippen molar-refractivity contribution in [3.8, 4) is 28.1 Å². The van der Waals surface area contributed by atoms with Crippen molar-refractivity contribution in [1.29, 1.82) is 0 Å². The van der Waals surface area contributed by atoms with E-state index < -0.39 is 5.97 Å². The van der Waals surface area contributed by atoms with Crippen molar-refractivity contribution in [3.63, 3.8) is 0 Å². The van der Waals surface area contributed by atoms with E-state index in [1.807, 2.05) is 37.4 Å². The van der Waals surface area contributed by atoms with Gasteiger partial charge >= 0.3 is 5.97 Å². The molecule has 3 aliphatic rings. The van der Waals surface area contributed by atoms with Crippen LogP contribution in [0.2, 0.25) is 0 Å². The van der Waals surface area contributed by atoms with Crippen molar-refractivity contribution in [2.45, 2.75) is 77.7 Å². The van der Waals surface area contributed by atoms with Crippen LogP contribution in [0.4, 0.5) is 10.2 Å². The summed E-state index contributed by atoms with van der Waals surface area (Å²) in [6, 6.07) is 12.7. The molecule has 3 aliphatic heterocycles. The van der Waals surface area contributed by atoms with Gasteiger partial charge in [-0.25, -0.2) is 9.37 Å². The topological polar surface area (TPSA) is 76.3 Å². The Kier molecular flexibility index (Phi) is 8.38. The number of aromatic nitrogens is 2. The highest BCUT2D eigenvalue weighted by molar-refractivity contribution is 5.80. The summed E-state index contributed by atoms with van der Waals surface area (Å²) < 4.78 is 29.2. The molecule has 1 saturated heterocycles. The monoisotopic (exact) mass is 599 g/mol. The third-order valence-corrected chi connectivity index (χ3v) is 9.24. The fourth-order valence-corrected chi connectivity index (χ4v) is 6.83. The van der Waals surface area contributed by atoms with E-state index in [0.717, 1.165) is 90.2 Å². The number of piperidine rings is 1. The minimum absolute atomic E-state index is 0.0631. The number of imidazole rings is 1. The van der Waals surface area contributed by atoms with Gasteiger partial charge in [0, 0.05) is 48.1 Å². The van der Waals surface area contributed by atoms with E-state index in [1.165, 1.54) is 12.1 Å². The van der Waals surface area contributed by atoms with Crippen LogP contribution in [0, 0.1) is 12.7 Å². The third-order valence-electron chi connectivity index (χ3n) is 9.24. The van der Waals surface area contributed by atoms with Crippen LogP contribution in [0.25, 0.3) is 28.0 Å². The van der Waals surface area contributed by atoms with Gasteiger partial charge in [0.15, 0.2) is 0 Å². The Morgan fingerprint density at radius 1 is 1.07 bits per heavy atom. The van der Waals surface area contributed by atoms with Crippen LogP contribution in [-0.2, 0) is 16.0 Å². The van der Waals surface area contributed by atoms with Gasteiger partial charge in [-0.15, -0.1) is 0 Å². The number of anilines is 1. The number of carboxylic acids is 1. The molecule has 7 rings (SSSR count). The van der Waals surface area contributed by atoms with E-state index in [-0.39, 0.29) is 23.8 Å². The number of nitrogens with zero attached hydrogens (tertiary/aromatic N) is 3. The molecule has 0 amide bonds. The number of halogens is 1. The van der Waals surface area contributed by atoms with E-state index >= 15 is 0 Å². The summed E-state index contributed by atoms with van der Waals surface area (Å²) in [5, 5.41) is 10.0. The van der Waals surface area contributed by atoms with Crippen LogP contribution in [-0.4, -0.2) is 52.4 Å². The molecule has 6 bridgehead atoms. The molecule has 0 radical (unpaired) electrons. The zero-order chi connectivity index (χ0) is 31.0. The Balaban J connectivity index is 1.55. The Morgan fingerprint density at radius 3 is 2.57 bits per heavy atom. The molecule has 0 unspecified atom stereocenters. The van der Waals surface area contributed by atoms with Gasteiger partial charge in [0.25, 0.3) is 0 Å². The molecule has 1 N–H and O–H groups in total. The lowest BCUT2D eigenvalue weighted by Crippen LogP contribution is -2.45. The van der Waals surface area contributed by atoms with Gasteiger partial charge in [0.2, 0.25) is 0 Å². The van der Waals surface area contributed by atoms with Crippen LogP contribution >= 0.6 is 0 Å². The number of aliphatic carboxylic acids is 1. The lowest BCUT2D eigenvalue weighted by molar-refractivity contribution is -0.136. The fraction of sp³-hybridized carbons (Fsp3) is 0.444. The van der Waals surface area contributed by atoms with E-state index in [4.69, 9.17) is 14.5 Å². The summed E-state index contributed by atoms with van der Waals surface area (Å²) >= 11 is 0. The first kappa shape index (κ1) is 30.1. The normalized spacial score (nSPS) is 17.1. The largest absolute Gasteiger partial charge is 0.493 e. The number of fused-ring (bicyclic) bond motifs is 8. The second kappa shape index (κ2) is 12.2. The van der Waals surface area contributed by atoms with Crippen LogP contribution in [0.15, 0.2) is 48.7 Å². The maximum Gasteiger partial charge on any atom is 0.307 e. The van der Waals surface area contributed by atoms with E-state index in [9.17, 15) is 14.3 Å². The van der Waals surface area contributed by atoms with Crippen LogP contribution < -0.4 is 9.64 Å². The first-order chi connectivity index (χ1) is 21.1. The number of carboxylic acid groups (broad SMARTS) is 1. The van der Waals surface area contributed by atoms with Gasteiger partial charge in [-0.2, -0.15) is 0 Å². The highest BCUT2D eigenvalue weighted by atomic mass is 19.1. The Morgan fingerprint density at radius 2 is 1.82 bits per heavy atom. The molecule has 0 saturated carbocycles. The summed E-state index contributed by atoms with van der Waals surface area (Å²) in [6.07, 6.45) is 6.48. The molecule has 0 atom stereocenters. The van der Waals surface area contributed by atoms with Crippen LogP contribution in [0.3, 0.4) is 0 Å². The van der Waals surface area contributed by atoms with Crippen molar-refractivity contribution in [2.75, 3.05) is 31.2 Å². The summed E-state index contributed by atoms with van der Waals surface area (Å²) in [7, 11) is 0. The van der Waals surface area contributed by atoms with Gasteiger partial charge in [-0.05, 0) is 87.3 Å². The summed E-state index contributed by atoms with van der Waals surface area (Å²) in [6.45, 7) is 11.2. The lowest BCUT2D eigenvalue weighted by Gasteiger charge is -2.41. The van der Waals surface area contributed by atoms with E-state index in [0.29, 0.717) is 24.5 Å². The summed E-state index contributed by atoms with van der Waals surface area (Å²) in [4.78, 5) is 19.7. The van der Waals surface area contributed by atoms with E-state index in [2.05, 4.69) is 30.1 Å². The number of hydrogen-bond donors (Lipinski definition) is 1. The zero-order valence-corrected chi connectivity index (χ0v) is 26.2. The average Bonchev–Trinajstić information content (AvgIpc) is 3.42. The molecule has 2 aromatic heterocycles. The van der Waals surface area contributed by atoms with Gasteiger partial charge < -0.3 is 19.5 Å². The summed E-state index contributed by atoms with van der Waals surface area (Å²) in [5.74, 6) is 0.523. The Hall–Kier alpha value is -3.91. The quantitative estimate of drug-likeness (QED) is 0.259. The second-order valence-electron chi connectivity index (χ2n) is 12.8. The molecule has 7 nitrogen and oxygen atoms in total. The van der Waals surface area contributed by atoms with Crippen LogP contribution in [0.5, 0.6) is 5.75 Å². The standard InChI is InChI=1S/C36H42FN3O4/c1-23(2)33-24(3)28(21-32(41)42)35-39-15-13-36(4,14-16-39)44-18-7-5-6-17-43-31-12-11-27(37)20-29(31)25-9-8-10-26(19-25)30-22-40(35)34(33)38-30/h8-12,19-20,22-23H,5-7,13-18,21H2,1-4H3,(H,41,42). The maximum absolute atomic E-state index is 14.5. The molecule has 0 spiro atoms. The highest BCUT2D eigenvalue weighted by Gasteiger charge is 2.34. The number of ether oxygens (including phenoxy) is 2. The lowest BCUT2D eigenvalue weighted by atomic mass is 9.91. The van der Waals surface area contributed by atoms with Gasteiger partial charge in [-0.1, -0.05) is 32.0 Å². The van der Waals surface area contributed by atoms with Crippen molar-refractivity contribution < 1.29 is 23.8 Å². The number of benzene rings is 2. The predicted octanol–water partition coefficient (Wildman–Crippen LogP) is 7.80. The van der Waals surface area contributed by atoms with Crippen molar-refractivity contribution in [3.05, 3.63) is 71.2 Å². The maximum atomic E-state index is 14.5. The first-order valence-corrected chi connectivity index (χ1v) is 15.8. The number of rotatable bonds is 3. The number of carbonyl (C=O) groups is 1. The van der Waals surface area contributed by atoms with Crippen molar-refractivity contribution in [2.24, 2.45) is 0 Å². The molecule has 1 fully saturated rings. The van der Waals surface area contributed by atoms with Crippen LogP contribution in [0.1, 0.15) is 75.5 Å². The van der Waals surface area contributed by atoms with Gasteiger partial charge in [0.05, 0.1) is 24.3 Å². The average molecular weight is 600 g/mol. The molecule has 5 heterocycles. The molecule has 4 aromatic rings. The van der Waals surface area contributed by atoms with Crippen molar-refractivity contribution in [1.82, 2.24) is 9.38 Å². The minimum atomic E-state index is -0.851. The predicted molar refractivity (Wildman–Crippen MR) is 171 cm³/mol. The zero-order valence-electron chi connectivity index (χ0n) is 26.2. The SMILES string of the molecule is Cc1c(CC(=O)O)c2n3cc(nc3c1C(C)C)-c1cccc(c1)-c1cc(F)ccc1OCCCCCOC1(C)CCN2CC1. The second-order valence-corrected chi connectivity index (χ2v) is 12.8. The summed E-state index contributed by atoms with van der Waals surface area (Å²) in [5.41, 5.74) is 6.71. The number of pyridine rings is 1. The molecular formula is C36H42FN3O4. The minimum Gasteiger partial charge on any atom is -0.493 e. The molecule has 44 heavy (non-hydrogen) atoms. The smallest absolute Gasteiger partial charge is 0.307 e. The molecule has 2 aromatic carbocycles. The number of hydrogen-bond acceptors (Lipinski definition) is 5. The highest BCUT2D eigenvalue weighted by Crippen LogP contribution is 2.39. The molecule has 0 aliphatic carbocycles. The third kappa shape index (κ3) is 5.92. The molecule has 232 valence electrons. The fourth-order valence-electron chi connectivity index (χ4n) is 6.83. The Bertz CT molecular complexity index is 1690. The first-order valence-electron chi connectivity index (χ1n) is 15.8. The molecule has 8 heteroatoms. The van der Waals surface area contributed by atoms with Gasteiger partial charge in [-0.3, -0.25) is 9.20 Å². The van der Waals surface area contributed by atoms with Gasteiger partial charge in [0.1, 0.15) is 23.0 Å².